The molecule has 0 aliphatic rings. The second-order valence-electron chi connectivity index (χ2n) is 8.02. The topological polar surface area (TPSA) is 130 Å². The molecular weight excluding hydrogens is 456 g/mol. The Morgan fingerprint density at radius 2 is 1.69 bits per heavy atom. The van der Waals surface area contributed by atoms with E-state index < -0.39 is 48.5 Å². The van der Waals surface area contributed by atoms with Crippen LogP contribution in [0.4, 0.5) is 0 Å². The third-order valence-electron chi connectivity index (χ3n) is 4.67. The van der Waals surface area contributed by atoms with Crippen LogP contribution in [0.5, 0.6) is 11.5 Å². The molecule has 1 amide bonds. The number of pyridine rings is 1. The number of hydrogen-bond acceptors (Lipinski definition) is 9. The van der Waals surface area contributed by atoms with Gasteiger partial charge in [0.15, 0.2) is 17.5 Å². The largest absolute Gasteiger partial charge is 0.493 e. The fourth-order valence-electron chi connectivity index (χ4n) is 3.06. The predicted molar refractivity (Wildman–Crippen MR) is 125 cm³/mol. The van der Waals surface area contributed by atoms with Crippen LogP contribution in [-0.2, 0) is 30.3 Å². The standard InChI is InChI=1S/C25H30N2O8/c1-15(2)34-25(31)19(14-33-24(30)16(3)13-18-9-7-6-8-10-18)27-23(29)21-22(35-17(4)28)20(32-5)11-12-26-21/h6-12,15-16,19H,13-14H2,1-5H3,(H,27,29). The molecule has 0 radical (unpaired) electrons. The van der Waals surface area contributed by atoms with E-state index in [1.165, 1.54) is 19.4 Å². The van der Waals surface area contributed by atoms with Gasteiger partial charge in [0.2, 0.25) is 5.75 Å². The summed E-state index contributed by atoms with van der Waals surface area (Å²) in [5.41, 5.74) is 0.675. The molecule has 0 aliphatic carbocycles. The maximum atomic E-state index is 13.0. The highest BCUT2D eigenvalue weighted by Gasteiger charge is 2.29. The van der Waals surface area contributed by atoms with E-state index in [0.29, 0.717) is 6.42 Å². The first kappa shape index (κ1) is 27.3. The summed E-state index contributed by atoms with van der Waals surface area (Å²) in [5.74, 6) is -3.46. The molecule has 2 unspecified atom stereocenters. The molecule has 1 heterocycles. The van der Waals surface area contributed by atoms with E-state index in [4.69, 9.17) is 18.9 Å². The van der Waals surface area contributed by atoms with Gasteiger partial charge in [-0.1, -0.05) is 37.3 Å². The van der Waals surface area contributed by atoms with Crippen molar-refractivity contribution >= 4 is 23.8 Å². The summed E-state index contributed by atoms with van der Waals surface area (Å²) < 4.78 is 20.8. The van der Waals surface area contributed by atoms with Crippen molar-refractivity contribution in [3.8, 4) is 11.5 Å². The number of carbonyl (C=O) groups is 4. The lowest BCUT2D eigenvalue weighted by Crippen LogP contribution is -2.46. The van der Waals surface area contributed by atoms with Gasteiger partial charge in [-0.05, 0) is 25.8 Å². The zero-order valence-electron chi connectivity index (χ0n) is 20.4. The van der Waals surface area contributed by atoms with Crippen molar-refractivity contribution < 1.29 is 38.1 Å². The van der Waals surface area contributed by atoms with Crippen LogP contribution < -0.4 is 14.8 Å². The molecule has 0 aliphatic heterocycles. The van der Waals surface area contributed by atoms with E-state index in [9.17, 15) is 19.2 Å². The minimum atomic E-state index is -1.32. The van der Waals surface area contributed by atoms with Crippen LogP contribution >= 0.6 is 0 Å². The first-order valence-corrected chi connectivity index (χ1v) is 11.1. The van der Waals surface area contributed by atoms with Gasteiger partial charge >= 0.3 is 17.9 Å². The summed E-state index contributed by atoms with van der Waals surface area (Å²) in [4.78, 5) is 53.6. The van der Waals surface area contributed by atoms with Gasteiger partial charge in [0.25, 0.3) is 5.91 Å². The van der Waals surface area contributed by atoms with Gasteiger partial charge in [-0.3, -0.25) is 14.4 Å². The SMILES string of the molecule is COc1ccnc(C(=O)NC(COC(=O)C(C)Cc2ccccc2)C(=O)OC(C)C)c1OC(C)=O. The number of amides is 1. The van der Waals surface area contributed by atoms with Gasteiger partial charge in [0, 0.05) is 19.2 Å². The normalized spacial score (nSPS) is 12.3. The maximum Gasteiger partial charge on any atom is 0.332 e. The van der Waals surface area contributed by atoms with Crippen LogP contribution in [0.1, 0.15) is 43.7 Å². The Kier molecular flexibility index (Phi) is 10.2. The third-order valence-corrected chi connectivity index (χ3v) is 4.67. The molecule has 2 atom stereocenters. The lowest BCUT2D eigenvalue weighted by molar-refractivity contribution is -0.156. The van der Waals surface area contributed by atoms with Crippen LogP contribution in [0.15, 0.2) is 42.6 Å². The smallest absolute Gasteiger partial charge is 0.332 e. The first-order valence-electron chi connectivity index (χ1n) is 11.1. The van der Waals surface area contributed by atoms with Gasteiger partial charge < -0.3 is 24.3 Å². The molecule has 35 heavy (non-hydrogen) atoms. The molecule has 0 saturated carbocycles. The van der Waals surface area contributed by atoms with Crippen molar-refractivity contribution in [1.29, 1.82) is 0 Å². The summed E-state index contributed by atoms with van der Waals surface area (Å²) in [6.07, 6.45) is 1.27. The second kappa shape index (κ2) is 13.1. The lowest BCUT2D eigenvalue weighted by atomic mass is 10.0. The number of nitrogens with one attached hydrogen (secondary N) is 1. The fourth-order valence-corrected chi connectivity index (χ4v) is 3.06. The molecule has 10 nitrogen and oxygen atoms in total. The van der Waals surface area contributed by atoms with E-state index in [0.717, 1.165) is 12.5 Å². The van der Waals surface area contributed by atoms with Crippen molar-refractivity contribution in [1.82, 2.24) is 10.3 Å². The molecule has 0 saturated heterocycles. The zero-order valence-corrected chi connectivity index (χ0v) is 20.4. The van der Waals surface area contributed by atoms with Gasteiger partial charge in [0.05, 0.1) is 19.1 Å². The van der Waals surface area contributed by atoms with Crippen molar-refractivity contribution in [3.05, 3.63) is 53.9 Å². The van der Waals surface area contributed by atoms with Gasteiger partial charge in [-0.15, -0.1) is 0 Å². The van der Waals surface area contributed by atoms with Crippen LogP contribution in [0.2, 0.25) is 0 Å². The van der Waals surface area contributed by atoms with Crippen molar-refractivity contribution in [3.63, 3.8) is 0 Å². The molecule has 2 aromatic rings. The number of rotatable bonds is 11. The summed E-state index contributed by atoms with van der Waals surface area (Å²) in [5, 5.41) is 2.45. The average Bonchev–Trinajstić information content (AvgIpc) is 2.81. The Morgan fingerprint density at radius 3 is 2.29 bits per heavy atom. The van der Waals surface area contributed by atoms with Crippen LogP contribution in [-0.4, -0.2) is 54.7 Å². The highest BCUT2D eigenvalue weighted by molar-refractivity contribution is 5.98. The van der Waals surface area contributed by atoms with Crippen LogP contribution in [0.3, 0.4) is 0 Å². The molecule has 1 aromatic heterocycles. The average molecular weight is 487 g/mol. The van der Waals surface area contributed by atoms with Gasteiger partial charge in [-0.2, -0.15) is 0 Å². The quantitative estimate of drug-likeness (QED) is 0.476. The third kappa shape index (κ3) is 8.40. The summed E-state index contributed by atoms with van der Waals surface area (Å²) in [6, 6.07) is 9.51. The van der Waals surface area contributed by atoms with Gasteiger partial charge in [-0.25, -0.2) is 9.78 Å². The highest BCUT2D eigenvalue weighted by Crippen LogP contribution is 2.29. The number of esters is 3. The van der Waals surface area contributed by atoms with Crippen LogP contribution in [0, 0.1) is 5.92 Å². The Balaban J connectivity index is 2.16. The molecule has 0 spiro atoms. The number of benzene rings is 1. The van der Waals surface area contributed by atoms with Crippen LogP contribution in [0.25, 0.3) is 0 Å². The summed E-state index contributed by atoms with van der Waals surface area (Å²) >= 11 is 0. The number of nitrogens with zero attached hydrogens (tertiary/aromatic N) is 1. The Labute approximate surface area is 203 Å². The molecule has 1 aromatic carbocycles. The van der Waals surface area contributed by atoms with E-state index in [1.54, 1.807) is 20.8 Å². The Morgan fingerprint density at radius 1 is 1.00 bits per heavy atom. The monoisotopic (exact) mass is 486 g/mol. The number of aromatic nitrogens is 1. The number of hydrogen-bond donors (Lipinski definition) is 1. The molecule has 2 rings (SSSR count). The van der Waals surface area contributed by atoms with E-state index >= 15 is 0 Å². The number of methoxy groups -OCH3 is 1. The van der Waals surface area contributed by atoms with E-state index in [2.05, 4.69) is 10.3 Å². The molecule has 0 bridgehead atoms. The Hall–Kier alpha value is -3.95. The molecule has 1 N–H and O–H groups in total. The molecular formula is C25H30N2O8. The van der Waals surface area contributed by atoms with Gasteiger partial charge in [0.1, 0.15) is 6.61 Å². The summed E-state index contributed by atoms with van der Waals surface area (Å²) in [6.45, 7) is 5.70. The fraction of sp³-hybridized carbons (Fsp3) is 0.400. The minimum absolute atomic E-state index is 0.0998. The Bertz CT molecular complexity index is 1040. The summed E-state index contributed by atoms with van der Waals surface area (Å²) in [7, 11) is 1.34. The van der Waals surface area contributed by atoms with Crippen molar-refractivity contribution in [2.45, 2.75) is 46.3 Å². The highest BCUT2D eigenvalue weighted by atomic mass is 16.6. The molecule has 188 valence electrons. The second-order valence-corrected chi connectivity index (χ2v) is 8.02. The van der Waals surface area contributed by atoms with Crippen molar-refractivity contribution in [2.75, 3.05) is 13.7 Å². The maximum absolute atomic E-state index is 13.0. The molecule has 0 fully saturated rings. The minimum Gasteiger partial charge on any atom is -0.493 e. The molecule has 10 heteroatoms. The van der Waals surface area contributed by atoms with E-state index in [1.807, 2.05) is 30.3 Å². The number of ether oxygens (including phenoxy) is 4. The lowest BCUT2D eigenvalue weighted by Gasteiger charge is -2.20. The number of carbonyl (C=O) groups excluding carboxylic acids is 4. The van der Waals surface area contributed by atoms with Crippen molar-refractivity contribution in [2.24, 2.45) is 5.92 Å². The zero-order chi connectivity index (χ0) is 26.0. The predicted octanol–water partition coefficient (Wildman–Crippen LogP) is 2.49. The first-order chi connectivity index (χ1) is 16.6. The van der Waals surface area contributed by atoms with E-state index in [-0.39, 0.29) is 17.2 Å².